The van der Waals surface area contributed by atoms with Gasteiger partial charge in [0.2, 0.25) is 0 Å². The first-order chi connectivity index (χ1) is 12.5. The number of nitrogens with one attached hydrogen (secondary N) is 1. The Morgan fingerprint density at radius 3 is 2.46 bits per heavy atom. The Morgan fingerprint density at radius 1 is 0.962 bits per heavy atom. The molecule has 26 heavy (non-hydrogen) atoms. The first-order valence-electron chi connectivity index (χ1n) is 8.23. The number of alkyl halides is 3. The summed E-state index contributed by atoms with van der Waals surface area (Å²) in [7, 11) is 0. The van der Waals surface area contributed by atoms with E-state index in [1.807, 2.05) is 6.07 Å². The molecule has 1 aliphatic rings. The van der Waals surface area contributed by atoms with Crippen molar-refractivity contribution in [3.63, 3.8) is 0 Å². The van der Waals surface area contributed by atoms with Crippen molar-refractivity contribution in [2.75, 3.05) is 5.32 Å². The molecule has 1 fully saturated rings. The Bertz CT molecular complexity index is 922. The van der Waals surface area contributed by atoms with Gasteiger partial charge in [-0.2, -0.15) is 13.2 Å². The van der Waals surface area contributed by atoms with Gasteiger partial charge in [0.1, 0.15) is 5.82 Å². The number of pyridine rings is 1. The Balaban J connectivity index is 1.80. The van der Waals surface area contributed by atoms with Gasteiger partial charge < -0.3 is 5.32 Å². The van der Waals surface area contributed by atoms with Crippen LogP contribution in [0, 0.1) is 0 Å². The summed E-state index contributed by atoms with van der Waals surface area (Å²) < 4.78 is 39.1. The summed E-state index contributed by atoms with van der Waals surface area (Å²) in [5.74, 6) is 1.03. The highest BCUT2D eigenvalue weighted by Crippen LogP contribution is 2.33. The number of hydrogen-bond acceptors (Lipinski definition) is 4. The van der Waals surface area contributed by atoms with E-state index in [1.165, 1.54) is 6.07 Å². The summed E-state index contributed by atoms with van der Waals surface area (Å²) in [5, 5.41) is 3.29. The van der Waals surface area contributed by atoms with E-state index in [2.05, 4.69) is 20.3 Å². The van der Waals surface area contributed by atoms with Crippen molar-refractivity contribution in [2.45, 2.75) is 25.1 Å². The number of rotatable bonds is 4. The summed E-state index contributed by atoms with van der Waals surface area (Å²) in [6.07, 6.45) is 0.996. The summed E-state index contributed by atoms with van der Waals surface area (Å²) >= 11 is 0. The van der Waals surface area contributed by atoms with E-state index in [9.17, 15) is 13.2 Å². The first-order valence-corrected chi connectivity index (χ1v) is 8.23. The molecule has 2 aromatic heterocycles. The molecule has 1 N–H and O–H groups in total. The smallest absolute Gasteiger partial charge is 0.367 e. The zero-order valence-electron chi connectivity index (χ0n) is 13.7. The van der Waals surface area contributed by atoms with Crippen molar-refractivity contribution in [1.29, 1.82) is 0 Å². The Morgan fingerprint density at radius 2 is 1.77 bits per heavy atom. The molecule has 4 nitrogen and oxygen atoms in total. The van der Waals surface area contributed by atoms with Crippen molar-refractivity contribution >= 4 is 5.82 Å². The average molecular weight is 356 g/mol. The third-order valence-electron chi connectivity index (χ3n) is 4.06. The molecular weight excluding hydrogens is 341 g/mol. The molecule has 0 spiro atoms. The first kappa shape index (κ1) is 16.5. The molecule has 0 saturated heterocycles. The van der Waals surface area contributed by atoms with Crippen LogP contribution in [0.4, 0.5) is 19.0 Å². The molecule has 0 unspecified atom stereocenters. The zero-order valence-corrected chi connectivity index (χ0v) is 13.7. The number of halogens is 3. The second-order valence-electron chi connectivity index (χ2n) is 6.20. The van der Waals surface area contributed by atoms with E-state index >= 15 is 0 Å². The number of benzene rings is 1. The topological polar surface area (TPSA) is 50.7 Å². The zero-order chi connectivity index (χ0) is 18.1. The molecule has 3 aromatic rings. The lowest BCUT2D eigenvalue weighted by atomic mass is 10.1. The molecule has 0 aliphatic heterocycles. The second-order valence-corrected chi connectivity index (χ2v) is 6.20. The molecule has 0 radical (unpaired) electrons. The fourth-order valence-electron chi connectivity index (χ4n) is 2.58. The molecule has 0 amide bonds. The molecule has 2 heterocycles. The van der Waals surface area contributed by atoms with Crippen molar-refractivity contribution in [1.82, 2.24) is 15.0 Å². The third kappa shape index (κ3) is 3.66. The van der Waals surface area contributed by atoms with Gasteiger partial charge in [-0.25, -0.2) is 9.97 Å². The molecule has 1 aliphatic carbocycles. The predicted molar refractivity (Wildman–Crippen MR) is 92.3 cm³/mol. The van der Waals surface area contributed by atoms with Gasteiger partial charge in [0.25, 0.3) is 0 Å². The third-order valence-corrected chi connectivity index (χ3v) is 4.06. The summed E-state index contributed by atoms with van der Waals surface area (Å²) in [5.41, 5.74) is 0.840. The van der Waals surface area contributed by atoms with Crippen LogP contribution in [0.25, 0.3) is 22.6 Å². The lowest BCUT2D eigenvalue weighted by molar-refractivity contribution is -0.137. The van der Waals surface area contributed by atoms with E-state index in [-0.39, 0.29) is 0 Å². The maximum absolute atomic E-state index is 13.0. The average Bonchev–Trinajstić information content (AvgIpc) is 3.45. The van der Waals surface area contributed by atoms with Crippen LogP contribution in [0.3, 0.4) is 0 Å². The summed E-state index contributed by atoms with van der Waals surface area (Å²) in [6.45, 7) is 0. The predicted octanol–water partition coefficient (Wildman–Crippen LogP) is 4.80. The Labute approximate surface area is 148 Å². The lowest BCUT2D eigenvalue weighted by Gasteiger charge is -2.11. The fourth-order valence-corrected chi connectivity index (χ4v) is 2.58. The van der Waals surface area contributed by atoms with Gasteiger partial charge in [-0.1, -0.05) is 12.1 Å². The minimum Gasteiger partial charge on any atom is -0.367 e. The SMILES string of the molecule is FC(F)(F)c1cccc(-c2cc(NC3CC3)nc(-c3cccnc3)n2)c1. The van der Waals surface area contributed by atoms with Crippen molar-refractivity contribution in [3.05, 3.63) is 60.4 Å². The van der Waals surface area contributed by atoms with Crippen LogP contribution in [0.15, 0.2) is 54.9 Å². The van der Waals surface area contributed by atoms with Crippen molar-refractivity contribution in [3.8, 4) is 22.6 Å². The van der Waals surface area contributed by atoms with Crippen LogP contribution in [0.1, 0.15) is 18.4 Å². The standard InChI is InChI=1S/C19H15F3N4/c20-19(21,22)14-5-1-3-12(9-14)16-10-17(24-15-6-7-15)26-18(25-16)13-4-2-8-23-11-13/h1-5,8-11,15H,6-7H2,(H,24,25,26). The minimum atomic E-state index is -4.40. The van der Waals surface area contributed by atoms with Gasteiger partial charge in [-0.3, -0.25) is 4.98 Å². The minimum absolute atomic E-state index is 0.362. The quantitative estimate of drug-likeness (QED) is 0.730. The number of aromatic nitrogens is 3. The molecular formula is C19H15F3N4. The van der Waals surface area contributed by atoms with Crippen LogP contribution in [-0.4, -0.2) is 21.0 Å². The van der Waals surface area contributed by atoms with Gasteiger partial charge in [0.15, 0.2) is 5.82 Å². The van der Waals surface area contributed by atoms with Gasteiger partial charge in [-0.15, -0.1) is 0 Å². The molecule has 1 saturated carbocycles. The molecule has 0 atom stereocenters. The van der Waals surface area contributed by atoms with E-state index in [1.54, 1.807) is 30.6 Å². The van der Waals surface area contributed by atoms with Gasteiger partial charge in [0, 0.05) is 35.6 Å². The highest BCUT2D eigenvalue weighted by Gasteiger charge is 2.30. The molecule has 4 rings (SSSR count). The largest absolute Gasteiger partial charge is 0.416 e. The van der Waals surface area contributed by atoms with E-state index in [0.717, 1.165) is 25.0 Å². The van der Waals surface area contributed by atoms with Crippen molar-refractivity contribution in [2.24, 2.45) is 0 Å². The van der Waals surface area contributed by atoms with Gasteiger partial charge in [-0.05, 0) is 37.1 Å². The van der Waals surface area contributed by atoms with Crippen LogP contribution >= 0.6 is 0 Å². The van der Waals surface area contributed by atoms with E-state index in [0.29, 0.717) is 34.5 Å². The molecule has 7 heteroatoms. The number of hydrogen-bond donors (Lipinski definition) is 1. The molecule has 132 valence electrons. The number of anilines is 1. The fraction of sp³-hybridized carbons (Fsp3) is 0.211. The van der Waals surface area contributed by atoms with Crippen LogP contribution < -0.4 is 5.32 Å². The van der Waals surface area contributed by atoms with Gasteiger partial charge >= 0.3 is 6.18 Å². The maximum atomic E-state index is 13.0. The van der Waals surface area contributed by atoms with E-state index in [4.69, 9.17) is 0 Å². The maximum Gasteiger partial charge on any atom is 0.416 e. The van der Waals surface area contributed by atoms with E-state index < -0.39 is 11.7 Å². The molecule has 1 aromatic carbocycles. The van der Waals surface area contributed by atoms with Crippen LogP contribution in [0.5, 0.6) is 0 Å². The second kappa shape index (κ2) is 6.40. The van der Waals surface area contributed by atoms with Crippen LogP contribution in [-0.2, 0) is 6.18 Å². The summed E-state index contributed by atoms with van der Waals surface area (Å²) in [6, 6.07) is 10.8. The monoisotopic (exact) mass is 356 g/mol. The van der Waals surface area contributed by atoms with Crippen LogP contribution in [0.2, 0.25) is 0 Å². The Kier molecular flexibility index (Phi) is 4.06. The molecule has 0 bridgehead atoms. The normalized spacial score (nSPS) is 14.3. The highest BCUT2D eigenvalue weighted by atomic mass is 19.4. The lowest BCUT2D eigenvalue weighted by Crippen LogP contribution is -2.06. The number of nitrogens with zero attached hydrogens (tertiary/aromatic N) is 3. The Hall–Kier alpha value is -2.96. The summed E-state index contributed by atoms with van der Waals surface area (Å²) in [4.78, 5) is 13.0. The highest BCUT2D eigenvalue weighted by molar-refractivity contribution is 5.68. The van der Waals surface area contributed by atoms with Crippen molar-refractivity contribution < 1.29 is 13.2 Å². The van der Waals surface area contributed by atoms with Gasteiger partial charge in [0.05, 0.1) is 11.3 Å².